The fraction of sp³-hybridized carbons (Fsp3) is 0.600. The monoisotopic (exact) mass is 284 g/mol. The van der Waals surface area contributed by atoms with Crippen molar-refractivity contribution in [3.8, 4) is 0 Å². The molecule has 1 aliphatic carbocycles. The van der Waals surface area contributed by atoms with Crippen molar-refractivity contribution in [1.82, 2.24) is 0 Å². The average Bonchev–Trinajstić information content (AvgIpc) is 3.10. The van der Waals surface area contributed by atoms with Crippen molar-refractivity contribution in [1.29, 1.82) is 0 Å². The lowest BCUT2D eigenvalue weighted by Gasteiger charge is -2.28. The molecule has 0 bridgehead atoms. The molecule has 1 saturated carbocycles. The van der Waals surface area contributed by atoms with Crippen LogP contribution in [0.4, 0.5) is 0 Å². The Morgan fingerprint density at radius 1 is 1.28 bits per heavy atom. The molecule has 18 heavy (non-hydrogen) atoms. The molecule has 1 aromatic carbocycles. The van der Waals surface area contributed by atoms with Gasteiger partial charge in [0.1, 0.15) is 0 Å². The minimum Gasteiger partial charge on any atom is -0.369 e. The van der Waals surface area contributed by atoms with Gasteiger partial charge in [0.2, 0.25) is 0 Å². The SMILES string of the molecule is CC(C)(C)C1(C2CC2c2ccc(Cl)cc2Cl)CO1. The van der Waals surface area contributed by atoms with Crippen molar-refractivity contribution in [2.75, 3.05) is 6.61 Å². The van der Waals surface area contributed by atoms with E-state index in [-0.39, 0.29) is 11.0 Å². The van der Waals surface area contributed by atoms with E-state index in [1.54, 1.807) is 0 Å². The maximum absolute atomic E-state index is 6.29. The van der Waals surface area contributed by atoms with E-state index in [9.17, 15) is 0 Å². The van der Waals surface area contributed by atoms with Gasteiger partial charge in [0, 0.05) is 10.0 Å². The van der Waals surface area contributed by atoms with E-state index in [2.05, 4.69) is 26.8 Å². The highest BCUT2D eigenvalue weighted by atomic mass is 35.5. The van der Waals surface area contributed by atoms with Crippen molar-refractivity contribution in [3.05, 3.63) is 33.8 Å². The molecule has 2 fully saturated rings. The molecule has 0 spiro atoms. The number of hydrogen-bond acceptors (Lipinski definition) is 1. The lowest BCUT2D eigenvalue weighted by atomic mass is 9.77. The van der Waals surface area contributed by atoms with Crippen LogP contribution in [0.3, 0.4) is 0 Å². The Labute approximate surface area is 118 Å². The number of ether oxygens (including phenoxy) is 1. The first-order valence-corrected chi connectivity index (χ1v) is 7.20. The van der Waals surface area contributed by atoms with Crippen LogP contribution >= 0.6 is 23.2 Å². The molecule has 1 aromatic rings. The summed E-state index contributed by atoms with van der Waals surface area (Å²) in [5.74, 6) is 1.15. The molecule has 98 valence electrons. The molecule has 0 radical (unpaired) electrons. The number of rotatable bonds is 2. The smallest absolute Gasteiger partial charge is 0.0998 e. The molecule has 0 N–H and O–H groups in total. The molecule has 3 unspecified atom stereocenters. The van der Waals surface area contributed by atoms with E-state index in [0.717, 1.165) is 11.6 Å². The third kappa shape index (κ3) is 1.88. The van der Waals surface area contributed by atoms with Crippen LogP contribution in [0.15, 0.2) is 18.2 Å². The Hall–Kier alpha value is -0.240. The highest BCUT2D eigenvalue weighted by Gasteiger charge is 2.66. The molecule has 1 saturated heterocycles. The molecule has 1 heterocycles. The van der Waals surface area contributed by atoms with Gasteiger partial charge in [-0.1, -0.05) is 50.0 Å². The minimum absolute atomic E-state index is 0.0701. The third-order valence-electron chi connectivity index (χ3n) is 4.48. The fourth-order valence-electron chi connectivity index (χ4n) is 3.14. The highest BCUT2D eigenvalue weighted by Crippen LogP contribution is 2.65. The first-order chi connectivity index (χ1) is 8.35. The number of benzene rings is 1. The largest absolute Gasteiger partial charge is 0.369 e. The predicted molar refractivity (Wildman–Crippen MR) is 75.4 cm³/mol. The van der Waals surface area contributed by atoms with E-state index in [1.165, 1.54) is 12.0 Å². The first kappa shape index (κ1) is 12.8. The standard InChI is InChI=1S/C15H18Cl2O/c1-14(2,3)15(8-18-15)12-7-11(12)10-5-4-9(16)6-13(10)17/h4-6,11-12H,7-8H2,1-3H3. The second-order valence-corrected chi connectivity index (χ2v) is 7.39. The fourth-order valence-corrected chi connectivity index (χ4v) is 3.69. The summed E-state index contributed by atoms with van der Waals surface area (Å²) in [5, 5.41) is 1.49. The van der Waals surface area contributed by atoms with Crippen LogP contribution in [0, 0.1) is 11.3 Å². The van der Waals surface area contributed by atoms with Crippen LogP contribution in [-0.2, 0) is 4.74 Å². The van der Waals surface area contributed by atoms with Crippen molar-refractivity contribution in [2.24, 2.45) is 11.3 Å². The Morgan fingerprint density at radius 2 is 1.94 bits per heavy atom. The quantitative estimate of drug-likeness (QED) is 0.703. The van der Waals surface area contributed by atoms with Crippen LogP contribution in [0.25, 0.3) is 0 Å². The van der Waals surface area contributed by atoms with Gasteiger partial charge in [0.25, 0.3) is 0 Å². The molecular weight excluding hydrogens is 267 g/mol. The van der Waals surface area contributed by atoms with Crippen molar-refractivity contribution >= 4 is 23.2 Å². The predicted octanol–water partition coefficient (Wildman–Crippen LogP) is 4.91. The summed E-state index contributed by atoms with van der Waals surface area (Å²) in [6.45, 7) is 7.68. The second-order valence-electron chi connectivity index (χ2n) is 6.54. The zero-order valence-corrected chi connectivity index (χ0v) is 12.5. The van der Waals surface area contributed by atoms with Gasteiger partial charge in [-0.05, 0) is 41.4 Å². The van der Waals surface area contributed by atoms with E-state index in [0.29, 0.717) is 16.9 Å². The topological polar surface area (TPSA) is 12.5 Å². The van der Waals surface area contributed by atoms with Crippen LogP contribution in [0.1, 0.15) is 38.7 Å². The van der Waals surface area contributed by atoms with Gasteiger partial charge in [-0.25, -0.2) is 0 Å². The normalized spacial score (nSPS) is 34.5. The highest BCUT2D eigenvalue weighted by molar-refractivity contribution is 6.35. The van der Waals surface area contributed by atoms with Crippen molar-refractivity contribution in [2.45, 2.75) is 38.7 Å². The second kappa shape index (κ2) is 3.88. The lowest BCUT2D eigenvalue weighted by molar-refractivity contribution is 0.130. The van der Waals surface area contributed by atoms with Gasteiger partial charge in [-0.15, -0.1) is 0 Å². The molecule has 2 aliphatic rings. The van der Waals surface area contributed by atoms with Gasteiger partial charge in [0.15, 0.2) is 0 Å². The number of halogens is 2. The summed E-state index contributed by atoms with van der Waals surface area (Å²) in [6, 6.07) is 5.83. The Morgan fingerprint density at radius 3 is 2.44 bits per heavy atom. The van der Waals surface area contributed by atoms with E-state index in [4.69, 9.17) is 27.9 Å². The van der Waals surface area contributed by atoms with Crippen molar-refractivity contribution in [3.63, 3.8) is 0 Å². The molecular formula is C15H18Cl2O. The maximum atomic E-state index is 6.29. The molecule has 3 heteroatoms. The summed E-state index contributed by atoms with van der Waals surface area (Å²) >= 11 is 12.2. The van der Waals surface area contributed by atoms with Gasteiger partial charge in [-0.3, -0.25) is 0 Å². The summed E-state index contributed by atoms with van der Waals surface area (Å²) in [5.41, 5.74) is 1.50. The summed E-state index contributed by atoms with van der Waals surface area (Å²) in [4.78, 5) is 0. The van der Waals surface area contributed by atoms with Gasteiger partial charge in [-0.2, -0.15) is 0 Å². The summed E-state index contributed by atoms with van der Waals surface area (Å²) in [6.07, 6.45) is 1.18. The molecule has 3 rings (SSSR count). The average molecular weight is 285 g/mol. The Kier molecular flexibility index (Phi) is 2.75. The van der Waals surface area contributed by atoms with Crippen LogP contribution in [0.5, 0.6) is 0 Å². The molecule has 1 nitrogen and oxygen atoms in total. The Bertz CT molecular complexity index is 486. The molecule has 1 aliphatic heterocycles. The van der Waals surface area contributed by atoms with Crippen LogP contribution in [-0.4, -0.2) is 12.2 Å². The number of hydrogen-bond donors (Lipinski definition) is 0. The molecule has 3 atom stereocenters. The van der Waals surface area contributed by atoms with Crippen LogP contribution in [0.2, 0.25) is 10.0 Å². The van der Waals surface area contributed by atoms with Gasteiger partial charge < -0.3 is 4.74 Å². The van der Waals surface area contributed by atoms with Crippen molar-refractivity contribution < 1.29 is 4.74 Å². The van der Waals surface area contributed by atoms with E-state index in [1.807, 2.05) is 12.1 Å². The summed E-state index contributed by atoms with van der Waals surface area (Å²) in [7, 11) is 0. The van der Waals surface area contributed by atoms with Gasteiger partial charge >= 0.3 is 0 Å². The Balaban J connectivity index is 1.83. The summed E-state index contributed by atoms with van der Waals surface area (Å²) < 4.78 is 5.83. The maximum Gasteiger partial charge on any atom is 0.0998 e. The van der Waals surface area contributed by atoms with Gasteiger partial charge in [0.05, 0.1) is 12.2 Å². The molecule has 0 aromatic heterocycles. The zero-order chi connectivity index (χ0) is 13.1. The van der Waals surface area contributed by atoms with E-state index >= 15 is 0 Å². The van der Waals surface area contributed by atoms with E-state index < -0.39 is 0 Å². The zero-order valence-electron chi connectivity index (χ0n) is 11.0. The first-order valence-electron chi connectivity index (χ1n) is 6.44. The third-order valence-corrected chi connectivity index (χ3v) is 5.04. The minimum atomic E-state index is 0.0701. The molecule has 0 amide bonds. The van der Waals surface area contributed by atoms with Crippen LogP contribution < -0.4 is 0 Å². The lowest BCUT2D eigenvalue weighted by Crippen LogP contribution is -2.33. The number of epoxide rings is 1.